The maximum absolute atomic E-state index is 12.7. The fourth-order valence-electron chi connectivity index (χ4n) is 0.687. The second kappa shape index (κ2) is 3.19. The molecule has 0 nitrogen and oxygen atoms in total. The van der Waals surface area contributed by atoms with E-state index in [-0.39, 0.29) is 12.1 Å². The molecule has 50 valence electrons. The van der Waals surface area contributed by atoms with Crippen LogP contribution in [0.15, 0.2) is 22.7 Å². The Morgan fingerprint density at radius 1 is 1.50 bits per heavy atom. The van der Waals surface area contributed by atoms with Crippen molar-refractivity contribution in [1.29, 1.82) is 0 Å². The van der Waals surface area contributed by atoms with Crippen molar-refractivity contribution < 1.29 is 4.39 Å². The van der Waals surface area contributed by atoms with Crippen molar-refractivity contribution in [3.63, 3.8) is 0 Å². The first kappa shape index (κ1) is 7.80. The number of benzene rings is 1. The molecule has 0 saturated heterocycles. The topological polar surface area (TPSA) is 0 Å². The molecule has 2 radical (unpaired) electrons. The number of hydrogen-bond acceptors (Lipinski definition) is 0. The van der Waals surface area contributed by atoms with E-state index >= 15 is 0 Å². The Kier molecular flexibility index (Phi) is 2.49. The van der Waals surface area contributed by atoms with Crippen LogP contribution in [0.3, 0.4) is 0 Å². The minimum Gasteiger partial charge on any atom is -0.207 e. The third-order valence-electron chi connectivity index (χ3n) is 1.24. The van der Waals surface area contributed by atoms with Crippen molar-refractivity contribution in [1.82, 2.24) is 0 Å². The second-order valence-electron chi connectivity index (χ2n) is 1.94. The van der Waals surface area contributed by atoms with Crippen LogP contribution < -0.4 is 0 Å². The van der Waals surface area contributed by atoms with Gasteiger partial charge in [-0.2, -0.15) is 0 Å². The Hall–Kier alpha value is -0.305. The Balaban J connectivity index is 3.07. The summed E-state index contributed by atoms with van der Waals surface area (Å²) >= 11 is 3.14. The van der Waals surface area contributed by atoms with Crippen molar-refractivity contribution in [2.24, 2.45) is 0 Å². The first-order chi connectivity index (χ1) is 4.74. The molecule has 0 aliphatic rings. The van der Waals surface area contributed by atoms with Gasteiger partial charge in [-0.05, 0) is 17.7 Å². The Morgan fingerprint density at radius 2 is 2.20 bits per heavy atom. The van der Waals surface area contributed by atoms with Gasteiger partial charge in [0.15, 0.2) is 0 Å². The van der Waals surface area contributed by atoms with Gasteiger partial charge in [0.05, 0.1) is 7.85 Å². The van der Waals surface area contributed by atoms with Crippen LogP contribution in [-0.2, 0) is 6.32 Å². The summed E-state index contributed by atoms with van der Waals surface area (Å²) in [4.78, 5) is 0. The van der Waals surface area contributed by atoms with Crippen LogP contribution in [0.25, 0.3) is 0 Å². The molecule has 0 saturated carbocycles. The molecule has 0 atom stereocenters. The molecule has 0 aliphatic heterocycles. The van der Waals surface area contributed by atoms with E-state index < -0.39 is 0 Å². The van der Waals surface area contributed by atoms with Crippen molar-refractivity contribution in [3.8, 4) is 0 Å². The van der Waals surface area contributed by atoms with Gasteiger partial charge in [0.2, 0.25) is 0 Å². The van der Waals surface area contributed by atoms with E-state index in [9.17, 15) is 4.39 Å². The lowest BCUT2D eigenvalue weighted by Gasteiger charge is -1.97. The van der Waals surface area contributed by atoms with Gasteiger partial charge >= 0.3 is 0 Å². The third-order valence-corrected chi connectivity index (χ3v) is 1.73. The highest BCUT2D eigenvalue weighted by molar-refractivity contribution is 9.10. The van der Waals surface area contributed by atoms with Crippen LogP contribution in [0, 0.1) is 5.82 Å². The van der Waals surface area contributed by atoms with E-state index in [1.54, 1.807) is 12.1 Å². The van der Waals surface area contributed by atoms with Gasteiger partial charge in [-0.25, -0.2) is 4.39 Å². The van der Waals surface area contributed by atoms with Gasteiger partial charge in [-0.3, -0.25) is 0 Å². The number of halogens is 2. The largest absolute Gasteiger partial charge is 0.207 e. The third kappa shape index (κ3) is 1.60. The summed E-state index contributed by atoms with van der Waals surface area (Å²) in [6.45, 7) is 0. The standard InChI is InChI=1S/C7H5BBrF/c8-4-5-1-2-6(9)3-7(5)10/h1-3H,4H2. The molecule has 10 heavy (non-hydrogen) atoms. The molecule has 0 N–H and O–H groups in total. The van der Waals surface area contributed by atoms with Gasteiger partial charge in [-0.1, -0.05) is 28.3 Å². The first-order valence-electron chi connectivity index (χ1n) is 2.88. The maximum Gasteiger partial charge on any atom is 0.126 e. The number of rotatable bonds is 1. The molecule has 0 unspecified atom stereocenters. The van der Waals surface area contributed by atoms with E-state index in [0.717, 1.165) is 4.47 Å². The van der Waals surface area contributed by atoms with Crippen LogP contribution in [-0.4, -0.2) is 7.85 Å². The summed E-state index contributed by atoms with van der Waals surface area (Å²) in [5.74, 6) is -0.253. The Labute approximate surface area is 69.0 Å². The van der Waals surface area contributed by atoms with E-state index in [4.69, 9.17) is 7.85 Å². The van der Waals surface area contributed by atoms with E-state index in [0.29, 0.717) is 5.56 Å². The summed E-state index contributed by atoms with van der Waals surface area (Å²) in [5.41, 5.74) is 0.545. The molecule has 0 amide bonds. The second-order valence-corrected chi connectivity index (χ2v) is 2.86. The van der Waals surface area contributed by atoms with Crippen LogP contribution in [0.4, 0.5) is 4.39 Å². The average molecular weight is 199 g/mol. The zero-order valence-electron chi connectivity index (χ0n) is 5.27. The molecule has 0 aromatic heterocycles. The first-order valence-corrected chi connectivity index (χ1v) is 3.67. The highest BCUT2D eigenvalue weighted by Gasteiger charge is 1.97. The average Bonchev–Trinajstić information content (AvgIpc) is 1.88. The lowest BCUT2D eigenvalue weighted by molar-refractivity contribution is 0.616. The lowest BCUT2D eigenvalue weighted by Crippen LogP contribution is -1.88. The molecule has 0 bridgehead atoms. The van der Waals surface area contributed by atoms with Crippen molar-refractivity contribution >= 4 is 23.8 Å². The maximum atomic E-state index is 12.7. The van der Waals surface area contributed by atoms with Gasteiger partial charge < -0.3 is 0 Å². The van der Waals surface area contributed by atoms with Gasteiger partial charge in [-0.15, -0.1) is 0 Å². The minimum atomic E-state index is -0.253. The molecule has 3 heteroatoms. The molecule has 0 spiro atoms. The molecule has 1 aromatic carbocycles. The molecular formula is C7H5BBrF. The van der Waals surface area contributed by atoms with Crippen molar-refractivity contribution in [3.05, 3.63) is 34.1 Å². The molecule has 0 fully saturated rings. The smallest absolute Gasteiger partial charge is 0.126 e. The predicted molar refractivity (Wildman–Crippen MR) is 43.6 cm³/mol. The molecule has 0 heterocycles. The fourth-order valence-corrected chi connectivity index (χ4v) is 1.02. The fraction of sp³-hybridized carbons (Fsp3) is 0.143. The number of hydrogen-bond donors (Lipinski definition) is 0. The van der Waals surface area contributed by atoms with Crippen molar-refractivity contribution in [2.45, 2.75) is 6.32 Å². The van der Waals surface area contributed by atoms with Crippen molar-refractivity contribution in [2.75, 3.05) is 0 Å². The summed E-state index contributed by atoms with van der Waals surface area (Å²) < 4.78 is 13.5. The summed E-state index contributed by atoms with van der Waals surface area (Å²) in [5, 5.41) is 0. The van der Waals surface area contributed by atoms with E-state index in [2.05, 4.69) is 15.9 Å². The summed E-state index contributed by atoms with van der Waals surface area (Å²) in [6, 6.07) is 4.84. The summed E-state index contributed by atoms with van der Waals surface area (Å²) in [7, 11) is 5.25. The molecular weight excluding hydrogens is 194 g/mol. The predicted octanol–water partition coefficient (Wildman–Crippen LogP) is 2.26. The highest BCUT2D eigenvalue weighted by atomic mass is 79.9. The van der Waals surface area contributed by atoms with Crippen LogP contribution in [0.2, 0.25) is 0 Å². The van der Waals surface area contributed by atoms with Gasteiger partial charge in [0.1, 0.15) is 5.82 Å². The Bertz CT molecular complexity index is 237. The van der Waals surface area contributed by atoms with Crippen LogP contribution >= 0.6 is 15.9 Å². The zero-order chi connectivity index (χ0) is 7.56. The normalized spacial score (nSPS) is 9.80. The SMILES string of the molecule is [B]Cc1ccc(Br)cc1F. The van der Waals surface area contributed by atoms with E-state index in [1.165, 1.54) is 6.07 Å². The summed E-state index contributed by atoms with van der Waals surface area (Å²) in [6.07, 6.45) is 0.249. The Morgan fingerprint density at radius 3 is 2.70 bits per heavy atom. The van der Waals surface area contributed by atoms with Gasteiger partial charge in [0, 0.05) is 4.47 Å². The molecule has 1 rings (SSSR count). The lowest BCUT2D eigenvalue weighted by atomic mass is 9.97. The quantitative estimate of drug-likeness (QED) is 0.608. The monoisotopic (exact) mass is 198 g/mol. The zero-order valence-corrected chi connectivity index (χ0v) is 6.86. The van der Waals surface area contributed by atoms with Gasteiger partial charge in [0.25, 0.3) is 0 Å². The van der Waals surface area contributed by atoms with Crippen LogP contribution in [0.1, 0.15) is 5.56 Å². The highest BCUT2D eigenvalue weighted by Crippen LogP contribution is 2.14. The minimum absolute atomic E-state index is 0.249. The molecule has 0 aliphatic carbocycles. The molecule has 1 aromatic rings. The van der Waals surface area contributed by atoms with E-state index in [1.807, 2.05) is 0 Å². The van der Waals surface area contributed by atoms with Crippen LogP contribution in [0.5, 0.6) is 0 Å².